The van der Waals surface area contributed by atoms with E-state index in [4.69, 9.17) is 9.47 Å². The molecule has 0 bridgehead atoms. The molecule has 1 aromatic rings. The predicted molar refractivity (Wildman–Crippen MR) is 68.3 cm³/mol. The summed E-state index contributed by atoms with van der Waals surface area (Å²) < 4.78 is 9.99. The van der Waals surface area contributed by atoms with Gasteiger partial charge in [0.15, 0.2) is 0 Å². The molecule has 9 nitrogen and oxygen atoms in total. The molecule has 2 unspecified atom stereocenters. The molecule has 1 aromatic carbocycles. The molecule has 1 aliphatic carbocycles. The SMILES string of the molecule is COc1ccc([N+](=O)[O-])cc1COC(=O)C1CC1[N+](=O)[O-]. The van der Waals surface area contributed by atoms with Gasteiger partial charge in [-0.05, 0) is 6.07 Å². The van der Waals surface area contributed by atoms with Gasteiger partial charge in [-0.1, -0.05) is 0 Å². The summed E-state index contributed by atoms with van der Waals surface area (Å²) >= 11 is 0. The second-order valence-electron chi connectivity index (χ2n) is 4.56. The van der Waals surface area contributed by atoms with E-state index in [-0.39, 0.29) is 18.7 Å². The minimum Gasteiger partial charge on any atom is -0.496 e. The van der Waals surface area contributed by atoms with Gasteiger partial charge in [-0.2, -0.15) is 0 Å². The van der Waals surface area contributed by atoms with Crippen LogP contribution in [0.3, 0.4) is 0 Å². The van der Waals surface area contributed by atoms with E-state index in [0.29, 0.717) is 11.3 Å². The van der Waals surface area contributed by atoms with Crippen molar-refractivity contribution in [1.29, 1.82) is 0 Å². The highest BCUT2D eigenvalue weighted by atomic mass is 16.6. The first kappa shape index (κ1) is 14.7. The van der Waals surface area contributed by atoms with Crippen molar-refractivity contribution < 1.29 is 24.1 Å². The minimum atomic E-state index is -0.885. The highest BCUT2D eigenvalue weighted by Crippen LogP contribution is 2.34. The average Bonchev–Trinajstić information content (AvgIpc) is 3.24. The molecule has 1 saturated carbocycles. The van der Waals surface area contributed by atoms with Crippen molar-refractivity contribution in [2.24, 2.45) is 5.92 Å². The van der Waals surface area contributed by atoms with E-state index >= 15 is 0 Å². The van der Waals surface area contributed by atoms with Gasteiger partial charge in [-0.25, -0.2) is 0 Å². The Hall–Kier alpha value is -2.71. The van der Waals surface area contributed by atoms with Crippen LogP contribution < -0.4 is 4.74 Å². The van der Waals surface area contributed by atoms with E-state index in [1.54, 1.807) is 0 Å². The van der Waals surface area contributed by atoms with E-state index in [2.05, 4.69) is 0 Å². The number of hydrogen-bond acceptors (Lipinski definition) is 7. The minimum absolute atomic E-state index is 0.156. The Labute approximate surface area is 118 Å². The molecular weight excluding hydrogens is 284 g/mol. The summed E-state index contributed by atoms with van der Waals surface area (Å²) in [6.45, 7) is -0.232. The van der Waals surface area contributed by atoms with Crippen molar-refractivity contribution in [2.45, 2.75) is 19.1 Å². The fraction of sp³-hybridized carbons (Fsp3) is 0.417. The molecule has 2 atom stereocenters. The van der Waals surface area contributed by atoms with Crippen LogP contribution in [0.15, 0.2) is 18.2 Å². The molecule has 1 aliphatic rings. The molecule has 1 fully saturated rings. The molecule has 2 rings (SSSR count). The van der Waals surface area contributed by atoms with Gasteiger partial charge in [0, 0.05) is 29.0 Å². The zero-order valence-corrected chi connectivity index (χ0v) is 11.1. The monoisotopic (exact) mass is 296 g/mol. The van der Waals surface area contributed by atoms with Crippen molar-refractivity contribution in [3.8, 4) is 5.75 Å². The van der Waals surface area contributed by atoms with Gasteiger partial charge < -0.3 is 9.47 Å². The van der Waals surface area contributed by atoms with E-state index < -0.39 is 27.8 Å². The number of esters is 1. The number of nitro groups is 2. The number of nitro benzene ring substituents is 1. The lowest BCUT2D eigenvalue weighted by molar-refractivity contribution is -0.497. The second kappa shape index (κ2) is 5.73. The fourth-order valence-corrected chi connectivity index (χ4v) is 1.92. The Morgan fingerprint density at radius 1 is 1.38 bits per heavy atom. The highest BCUT2D eigenvalue weighted by Gasteiger charge is 2.54. The number of ether oxygens (including phenoxy) is 2. The lowest BCUT2D eigenvalue weighted by Crippen LogP contribution is -2.13. The van der Waals surface area contributed by atoms with E-state index in [9.17, 15) is 25.0 Å². The quantitative estimate of drug-likeness (QED) is 0.440. The van der Waals surface area contributed by atoms with Crippen LogP contribution in [0, 0.1) is 26.1 Å². The summed E-state index contributed by atoms with van der Waals surface area (Å²) in [5, 5.41) is 21.2. The van der Waals surface area contributed by atoms with Crippen LogP contribution in [0.5, 0.6) is 5.75 Å². The van der Waals surface area contributed by atoms with E-state index in [0.717, 1.165) is 0 Å². The van der Waals surface area contributed by atoms with Crippen molar-refractivity contribution in [3.63, 3.8) is 0 Å². The van der Waals surface area contributed by atoms with Crippen molar-refractivity contribution >= 4 is 11.7 Å². The summed E-state index contributed by atoms with van der Waals surface area (Å²) in [6.07, 6.45) is 0.165. The molecule has 0 radical (unpaired) electrons. The molecule has 0 amide bonds. The maximum atomic E-state index is 11.6. The smallest absolute Gasteiger partial charge is 0.316 e. The largest absolute Gasteiger partial charge is 0.496 e. The lowest BCUT2D eigenvalue weighted by atomic mass is 10.2. The predicted octanol–water partition coefficient (Wildman–Crippen LogP) is 1.31. The third-order valence-electron chi connectivity index (χ3n) is 3.18. The number of carbonyl (C=O) groups is 1. The Balaban J connectivity index is 2.02. The third-order valence-corrected chi connectivity index (χ3v) is 3.18. The number of non-ortho nitro benzene ring substituents is 1. The second-order valence-corrected chi connectivity index (χ2v) is 4.56. The first-order chi connectivity index (χ1) is 9.93. The maximum absolute atomic E-state index is 11.6. The van der Waals surface area contributed by atoms with Gasteiger partial charge in [-0.15, -0.1) is 0 Å². The van der Waals surface area contributed by atoms with E-state index in [1.807, 2.05) is 0 Å². The van der Waals surface area contributed by atoms with Gasteiger partial charge in [-0.3, -0.25) is 25.0 Å². The molecule has 0 aliphatic heterocycles. The van der Waals surface area contributed by atoms with Crippen LogP contribution in [-0.4, -0.2) is 29.0 Å². The molecule has 0 N–H and O–H groups in total. The summed E-state index contributed by atoms with van der Waals surface area (Å²) in [7, 11) is 1.39. The zero-order chi connectivity index (χ0) is 15.6. The van der Waals surface area contributed by atoms with Crippen LogP contribution in [0.25, 0.3) is 0 Å². The Bertz CT molecular complexity index is 601. The van der Waals surface area contributed by atoms with Gasteiger partial charge in [0.2, 0.25) is 6.04 Å². The highest BCUT2D eigenvalue weighted by molar-refractivity contribution is 5.76. The normalized spacial score (nSPS) is 19.7. The first-order valence-electron chi connectivity index (χ1n) is 6.05. The van der Waals surface area contributed by atoms with Crippen LogP contribution >= 0.6 is 0 Å². The zero-order valence-electron chi connectivity index (χ0n) is 11.1. The molecule has 112 valence electrons. The number of rotatable bonds is 6. The number of benzene rings is 1. The van der Waals surface area contributed by atoms with Gasteiger partial charge in [0.1, 0.15) is 18.3 Å². The lowest BCUT2D eigenvalue weighted by Gasteiger charge is -2.08. The van der Waals surface area contributed by atoms with Crippen molar-refractivity contribution in [3.05, 3.63) is 44.0 Å². The number of nitrogens with zero attached hydrogens (tertiary/aromatic N) is 2. The van der Waals surface area contributed by atoms with Crippen LogP contribution in [0.2, 0.25) is 0 Å². The topological polar surface area (TPSA) is 122 Å². The Morgan fingerprint density at radius 3 is 2.62 bits per heavy atom. The molecule has 0 heterocycles. The maximum Gasteiger partial charge on any atom is 0.316 e. The molecule has 21 heavy (non-hydrogen) atoms. The standard InChI is InChI=1S/C12H12N2O7/c1-20-11-3-2-8(13(16)17)4-7(11)6-21-12(15)9-5-10(9)14(18)19/h2-4,9-10H,5-6H2,1H3. The average molecular weight is 296 g/mol. The Kier molecular flexibility index (Phi) is 4.01. The number of methoxy groups -OCH3 is 1. The molecule has 9 heteroatoms. The van der Waals surface area contributed by atoms with Crippen molar-refractivity contribution in [2.75, 3.05) is 7.11 Å². The van der Waals surface area contributed by atoms with E-state index in [1.165, 1.54) is 25.3 Å². The summed E-state index contributed by atoms with van der Waals surface area (Å²) in [6, 6.07) is 3.03. The van der Waals surface area contributed by atoms with Gasteiger partial charge >= 0.3 is 5.97 Å². The van der Waals surface area contributed by atoms with Crippen molar-refractivity contribution in [1.82, 2.24) is 0 Å². The van der Waals surface area contributed by atoms with Crippen LogP contribution in [-0.2, 0) is 16.1 Å². The van der Waals surface area contributed by atoms with Crippen LogP contribution in [0.1, 0.15) is 12.0 Å². The fourth-order valence-electron chi connectivity index (χ4n) is 1.92. The molecule has 0 aromatic heterocycles. The van der Waals surface area contributed by atoms with Crippen LogP contribution in [0.4, 0.5) is 5.69 Å². The third kappa shape index (κ3) is 3.25. The van der Waals surface area contributed by atoms with Gasteiger partial charge in [0.05, 0.1) is 12.0 Å². The first-order valence-corrected chi connectivity index (χ1v) is 6.05. The summed E-state index contributed by atoms with van der Waals surface area (Å²) in [5.41, 5.74) is 0.176. The summed E-state index contributed by atoms with van der Waals surface area (Å²) in [4.78, 5) is 31.7. The summed E-state index contributed by atoms with van der Waals surface area (Å²) in [5.74, 6) is -1.06. The number of hydrogen-bond donors (Lipinski definition) is 0. The van der Waals surface area contributed by atoms with Gasteiger partial charge in [0.25, 0.3) is 5.69 Å². The Morgan fingerprint density at radius 2 is 2.10 bits per heavy atom. The number of carbonyl (C=O) groups excluding carboxylic acids is 1. The molecular formula is C12H12N2O7. The molecule has 0 spiro atoms. The molecule has 0 saturated heterocycles.